The second-order valence-corrected chi connectivity index (χ2v) is 9.95. The Labute approximate surface area is 199 Å². The van der Waals surface area contributed by atoms with Gasteiger partial charge in [-0.05, 0) is 32.9 Å². The fraction of sp³-hybridized carbons (Fsp3) is 0.429. The molecule has 0 saturated carbocycles. The molecule has 1 saturated heterocycles. The summed E-state index contributed by atoms with van der Waals surface area (Å²) in [6, 6.07) is 1.21. The summed E-state index contributed by atoms with van der Waals surface area (Å²) in [4.78, 5) is 21.3. The van der Waals surface area contributed by atoms with Gasteiger partial charge in [-0.25, -0.2) is 32.1 Å². The smallest absolute Gasteiger partial charge is 0.410 e. The number of carbonyl (C=O) groups is 1. The number of amides is 1. The SMILES string of the molecule is Cc1nc(OC2CCN(C(=O)OC(C)C)CC2)c2[nH]nc(-c3cc(F)c(S(N)(=O)=O)cc3F)c2n1. The maximum atomic E-state index is 14.7. The van der Waals surface area contributed by atoms with Crippen molar-refractivity contribution >= 4 is 27.1 Å². The molecule has 0 aliphatic carbocycles. The molecule has 1 aliphatic rings. The Kier molecular flexibility index (Phi) is 6.60. The standard InChI is InChI=1S/C21H24F2N6O5S/c1-10(2)33-21(30)29-6-4-12(5-7-29)34-20-19-18(25-11(3)26-20)17(27-28-19)13-8-15(23)16(9-14(13)22)35(24,31)32/h8-10,12H,4-7H2,1-3H3,(H,27,28)(H2,24,31,32). The third-order valence-corrected chi connectivity index (χ3v) is 6.32. The number of nitrogens with two attached hydrogens (primary N) is 1. The molecule has 2 aromatic heterocycles. The van der Waals surface area contributed by atoms with Crippen LogP contribution in [0.25, 0.3) is 22.3 Å². The maximum Gasteiger partial charge on any atom is 0.410 e. The van der Waals surface area contributed by atoms with Gasteiger partial charge in [0.2, 0.25) is 15.9 Å². The first-order valence-electron chi connectivity index (χ1n) is 10.8. The summed E-state index contributed by atoms with van der Waals surface area (Å²) in [6.07, 6.45) is 0.226. The van der Waals surface area contributed by atoms with Crippen molar-refractivity contribution in [1.29, 1.82) is 0 Å². The van der Waals surface area contributed by atoms with Gasteiger partial charge in [0, 0.05) is 31.5 Å². The summed E-state index contributed by atoms with van der Waals surface area (Å²) < 4.78 is 63.4. The minimum absolute atomic E-state index is 0.0426. The van der Waals surface area contributed by atoms with Crippen LogP contribution < -0.4 is 9.88 Å². The third-order valence-electron chi connectivity index (χ3n) is 5.39. The summed E-state index contributed by atoms with van der Waals surface area (Å²) in [5, 5.41) is 11.7. The van der Waals surface area contributed by atoms with Crippen LogP contribution in [0.4, 0.5) is 13.6 Å². The zero-order valence-corrected chi connectivity index (χ0v) is 20.0. The first-order chi connectivity index (χ1) is 16.4. The predicted octanol–water partition coefficient (Wildman–Crippen LogP) is 2.64. The maximum absolute atomic E-state index is 14.7. The average molecular weight is 511 g/mol. The molecule has 1 fully saturated rings. The molecular formula is C21H24F2N6O5S. The zero-order valence-electron chi connectivity index (χ0n) is 19.2. The number of hydrogen-bond acceptors (Lipinski definition) is 8. The zero-order chi connectivity index (χ0) is 25.5. The van der Waals surface area contributed by atoms with Gasteiger partial charge >= 0.3 is 6.09 Å². The number of piperidine rings is 1. The number of aryl methyl sites for hydroxylation is 1. The number of sulfonamides is 1. The van der Waals surface area contributed by atoms with E-state index in [1.807, 2.05) is 0 Å². The molecule has 0 radical (unpaired) electrons. The van der Waals surface area contributed by atoms with Crippen LogP contribution in [0.15, 0.2) is 17.0 Å². The number of benzene rings is 1. The lowest BCUT2D eigenvalue weighted by Gasteiger charge is -2.31. The fourth-order valence-electron chi connectivity index (χ4n) is 3.78. The number of primary sulfonamides is 1. The van der Waals surface area contributed by atoms with Gasteiger partial charge in [0.1, 0.15) is 45.2 Å². The van der Waals surface area contributed by atoms with Crippen LogP contribution in [-0.4, -0.2) is 64.9 Å². The number of ether oxygens (including phenoxy) is 2. The van der Waals surface area contributed by atoms with E-state index >= 15 is 0 Å². The number of likely N-dealkylation sites (tertiary alicyclic amines) is 1. The molecule has 4 rings (SSSR count). The molecule has 1 aliphatic heterocycles. The molecule has 1 aromatic carbocycles. The Morgan fingerprint density at radius 2 is 1.89 bits per heavy atom. The summed E-state index contributed by atoms with van der Waals surface area (Å²) in [7, 11) is -4.45. The van der Waals surface area contributed by atoms with Gasteiger partial charge in [0.05, 0.1) is 6.10 Å². The van der Waals surface area contributed by atoms with E-state index in [1.165, 1.54) is 0 Å². The van der Waals surface area contributed by atoms with Gasteiger partial charge in [0.15, 0.2) is 0 Å². The van der Waals surface area contributed by atoms with E-state index in [1.54, 1.807) is 25.7 Å². The lowest BCUT2D eigenvalue weighted by atomic mass is 10.1. The van der Waals surface area contributed by atoms with Crippen molar-refractivity contribution < 1.29 is 31.5 Å². The molecule has 3 heterocycles. The van der Waals surface area contributed by atoms with E-state index in [-0.39, 0.29) is 46.5 Å². The number of H-pyrrole nitrogens is 1. The molecular weight excluding hydrogens is 486 g/mol. The highest BCUT2D eigenvalue weighted by molar-refractivity contribution is 7.89. The van der Waals surface area contributed by atoms with Gasteiger partial charge in [-0.2, -0.15) is 10.1 Å². The highest BCUT2D eigenvalue weighted by atomic mass is 32.2. The molecule has 188 valence electrons. The van der Waals surface area contributed by atoms with Crippen LogP contribution in [0.2, 0.25) is 0 Å². The highest BCUT2D eigenvalue weighted by Gasteiger charge is 2.28. The lowest BCUT2D eigenvalue weighted by Crippen LogP contribution is -2.42. The van der Waals surface area contributed by atoms with E-state index < -0.39 is 26.6 Å². The summed E-state index contributed by atoms with van der Waals surface area (Å²) in [6.45, 7) is 6.05. The average Bonchev–Trinajstić information content (AvgIpc) is 3.18. The van der Waals surface area contributed by atoms with E-state index in [0.717, 1.165) is 0 Å². The van der Waals surface area contributed by atoms with Crippen LogP contribution in [0.1, 0.15) is 32.5 Å². The van der Waals surface area contributed by atoms with Gasteiger partial charge in [-0.3, -0.25) is 5.10 Å². The topological polar surface area (TPSA) is 153 Å². The molecule has 0 unspecified atom stereocenters. The van der Waals surface area contributed by atoms with Crippen molar-refractivity contribution in [1.82, 2.24) is 25.1 Å². The van der Waals surface area contributed by atoms with Crippen LogP contribution in [0.3, 0.4) is 0 Å². The van der Waals surface area contributed by atoms with Crippen molar-refractivity contribution in [3.05, 3.63) is 29.6 Å². The number of nitrogens with zero attached hydrogens (tertiary/aromatic N) is 4. The number of hydrogen-bond donors (Lipinski definition) is 2. The summed E-state index contributed by atoms with van der Waals surface area (Å²) in [5.41, 5.74) is 0.0934. The third kappa shape index (κ3) is 5.17. The molecule has 0 bridgehead atoms. The van der Waals surface area contributed by atoms with Crippen molar-refractivity contribution in [2.45, 2.75) is 50.7 Å². The summed E-state index contributed by atoms with van der Waals surface area (Å²) >= 11 is 0. The van der Waals surface area contributed by atoms with E-state index in [0.29, 0.717) is 43.9 Å². The van der Waals surface area contributed by atoms with Crippen LogP contribution in [0.5, 0.6) is 5.88 Å². The van der Waals surface area contributed by atoms with Gasteiger partial charge in [-0.15, -0.1) is 0 Å². The van der Waals surface area contributed by atoms with E-state index in [9.17, 15) is 22.0 Å². The molecule has 14 heteroatoms. The second kappa shape index (κ2) is 9.34. The Morgan fingerprint density at radius 3 is 2.51 bits per heavy atom. The molecule has 0 spiro atoms. The first kappa shape index (κ1) is 24.7. The van der Waals surface area contributed by atoms with Crippen LogP contribution in [0, 0.1) is 18.6 Å². The van der Waals surface area contributed by atoms with Gasteiger partial charge in [0.25, 0.3) is 0 Å². The molecule has 11 nitrogen and oxygen atoms in total. The first-order valence-corrected chi connectivity index (χ1v) is 12.4. The minimum Gasteiger partial charge on any atom is -0.473 e. The van der Waals surface area contributed by atoms with Gasteiger partial charge in [-0.1, -0.05) is 0 Å². The van der Waals surface area contributed by atoms with Crippen molar-refractivity contribution in [2.24, 2.45) is 5.14 Å². The molecule has 1 amide bonds. The van der Waals surface area contributed by atoms with Crippen LogP contribution >= 0.6 is 0 Å². The number of aromatic amines is 1. The van der Waals surface area contributed by atoms with E-state index in [4.69, 9.17) is 14.6 Å². The Hall–Kier alpha value is -3.39. The molecule has 0 atom stereocenters. The Bertz CT molecular complexity index is 1390. The van der Waals surface area contributed by atoms with Crippen molar-refractivity contribution in [3.63, 3.8) is 0 Å². The quantitative estimate of drug-likeness (QED) is 0.531. The molecule has 3 aromatic rings. The number of halogens is 2. The monoisotopic (exact) mass is 510 g/mol. The van der Waals surface area contributed by atoms with Gasteiger partial charge < -0.3 is 14.4 Å². The number of aromatic nitrogens is 4. The molecule has 3 N–H and O–H groups in total. The Balaban J connectivity index is 1.60. The lowest BCUT2D eigenvalue weighted by molar-refractivity contribution is 0.0510. The van der Waals surface area contributed by atoms with E-state index in [2.05, 4.69) is 20.2 Å². The largest absolute Gasteiger partial charge is 0.473 e. The highest BCUT2D eigenvalue weighted by Crippen LogP contribution is 2.33. The van der Waals surface area contributed by atoms with Crippen molar-refractivity contribution in [3.8, 4) is 17.1 Å². The van der Waals surface area contributed by atoms with Crippen molar-refractivity contribution in [2.75, 3.05) is 13.1 Å². The second-order valence-electron chi connectivity index (χ2n) is 8.42. The number of rotatable bonds is 5. The Morgan fingerprint density at radius 1 is 1.20 bits per heavy atom. The normalized spacial score (nSPS) is 15.1. The summed E-state index contributed by atoms with van der Waals surface area (Å²) in [5.74, 6) is -1.78. The fourth-order valence-corrected chi connectivity index (χ4v) is 4.37. The minimum atomic E-state index is -4.45. The van der Waals surface area contributed by atoms with Crippen LogP contribution in [-0.2, 0) is 14.8 Å². The number of fused-ring (bicyclic) bond motifs is 1. The molecule has 35 heavy (non-hydrogen) atoms. The number of carbonyl (C=O) groups excluding carboxylic acids is 1. The predicted molar refractivity (Wildman–Crippen MR) is 120 cm³/mol. The number of nitrogens with one attached hydrogen (secondary N) is 1.